The van der Waals surface area contributed by atoms with Crippen LogP contribution in [-0.4, -0.2) is 35.1 Å². The van der Waals surface area contributed by atoms with E-state index in [-0.39, 0.29) is 37.5 Å². The Hall–Kier alpha value is -3.26. The molecule has 1 aliphatic heterocycles. The lowest BCUT2D eigenvalue weighted by molar-refractivity contribution is -0.0221. The molecule has 0 aliphatic carbocycles. The van der Waals surface area contributed by atoms with E-state index in [1.807, 2.05) is 30.2 Å². The fourth-order valence-electron chi connectivity index (χ4n) is 4.69. The molecule has 0 bridgehead atoms. The monoisotopic (exact) mass is 481 g/mol. The van der Waals surface area contributed by atoms with Crippen molar-refractivity contribution < 1.29 is 18.7 Å². The summed E-state index contributed by atoms with van der Waals surface area (Å²) in [5.41, 5.74) is 3.56. The Morgan fingerprint density at radius 2 is 1.91 bits per heavy atom. The van der Waals surface area contributed by atoms with Crippen LogP contribution in [-0.2, 0) is 0 Å². The molecule has 2 N–H and O–H groups in total. The minimum Gasteiger partial charge on any atom is -0.478 e. The van der Waals surface area contributed by atoms with E-state index in [2.05, 4.69) is 17.4 Å². The normalized spacial score (nSPS) is 16.6. The first-order chi connectivity index (χ1) is 16.2. The van der Waals surface area contributed by atoms with E-state index in [1.54, 1.807) is 35.6 Å². The Morgan fingerprint density at radius 3 is 2.65 bits per heavy atom. The molecule has 5 nitrogen and oxygen atoms in total. The summed E-state index contributed by atoms with van der Waals surface area (Å²) < 4.78 is 28.7. The van der Waals surface area contributed by atoms with E-state index in [4.69, 9.17) is 4.98 Å². The molecule has 0 radical (unpaired) electrons. The molecule has 176 valence electrons. The number of nitrogens with one attached hydrogen (secondary N) is 1. The first-order valence-corrected chi connectivity index (χ1v) is 12.1. The van der Waals surface area contributed by atoms with Gasteiger partial charge in [0.15, 0.2) is 0 Å². The lowest BCUT2D eigenvalue weighted by Crippen LogP contribution is -2.39. The van der Waals surface area contributed by atoms with E-state index in [0.29, 0.717) is 5.69 Å². The number of hydrogen-bond acceptors (Lipinski definition) is 5. The third-order valence-electron chi connectivity index (χ3n) is 6.44. The van der Waals surface area contributed by atoms with Crippen molar-refractivity contribution in [3.8, 4) is 0 Å². The zero-order chi connectivity index (χ0) is 24.0. The number of aryl methyl sites for hydroxylation is 1. The highest BCUT2D eigenvalue weighted by Gasteiger charge is 2.35. The van der Waals surface area contributed by atoms with Crippen molar-refractivity contribution in [2.45, 2.75) is 38.7 Å². The number of benzene rings is 2. The van der Waals surface area contributed by atoms with Gasteiger partial charge in [-0.2, -0.15) is 0 Å². The smallest absolute Gasteiger partial charge is 0.337 e. The third kappa shape index (κ3) is 4.07. The summed E-state index contributed by atoms with van der Waals surface area (Å²) in [5.74, 6) is -2.88. The molecule has 4 aromatic rings. The summed E-state index contributed by atoms with van der Waals surface area (Å²) in [5, 5.41) is 16.9. The molecule has 0 spiro atoms. The van der Waals surface area contributed by atoms with Gasteiger partial charge < -0.3 is 15.3 Å². The number of carboxylic acid groups (broad SMARTS) is 1. The number of hydrogen-bond donors (Lipinski definition) is 2. The fourth-order valence-corrected chi connectivity index (χ4v) is 5.60. The van der Waals surface area contributed by atoms with Crippen LogP contribution in [0.1, 0.15) is 47.3 Å². The van der Waals surface area contributed by atoms with Crippen molar-refractivity contribution in [3.05, 3.63) is 64.5 Å². The number of pyridine rings is 1. The molecule has 1 atom stereocenters. The van der Waals surface area contributed by atoms with Crippen molar-refractivity contribution in [2.75, 3.05) is 23.3 Å². The Labute approximate surface area is 200 Å². The lowest BCUT2D eigenvalue weighted by Gasteiger charge is -2.33. The summed E-state index contributed by atoms with van der Waals surface area (Å²) in [7, 11) is 0. The molecule has 34 heavy (non-hydrogen) atoms. The number of aromatic carboxylic acids is 1. The second-order valence-electron chi connectivity index (χ2n) is 8.91. The average Bonchev–Trinajstić information content (AvgIpc) is 3.29. The minimum absolute atomic E-state index is 0.178. The number of aromatic nitrogens is 1. The van der Waals surface area contributed by atoms with Gasteiger partial charge in [0.1, 0.15) is 5.82 Å². The lowest BCUT2D eigenvalue weighted by atomic mass is 9.99. The number of carboxylic acids is 1. The van der Waals surface area contributed by atoms with E-state index in [9.17, 15) is 18.7 Å². The summed E-state index contributed by atoms with van der Waals surface area (Å²) in [6.45, 7) is 4.53. The van der Waals surface area contributed by atoms with Crippen molar-refractivity contribution in [3.63, 3.8) is 0 Å². The zero-order valence-corrected chi connectivity index (χ0v) is 19.8. The van der Waals surface area contributed by atoms with E-state index < -0.39 is 11.9 Å². The van der Waals surface area contributed by atoms with Gasteiger partial charge in [-0.15, -0.1) is 11.3 Å². The minimum atomic E-state index is -2.63. The third-order valence-corrected chi connectivity index (χ3v) is 7.39. The molecule has 1 fully saturated rings. The molecule has 5 rings (SSSR count). The number of halogens is 2. The number of para-hydroxylation sites is 1. The van der Waals surface area contributed by atoms with Crippen molar-refractivity contribution >= 4 is 49.8 Å². The van der Waals surface area contributed by atoms with Gasteiger partial charge >= 0.3 is 5.97 Å². The van der Waals surface area contributed by atoms with Gasteiger partial charge in [0.05, 0.1) is 17.1 Å². The number of rotatable bonds is 5. The Bertz CT molecular complexity index is 1390. The van der Waals surface area contributed by atoms with Crippen molar-refractivity contribution in [2.24, 2.45) is 0 Å². The van der Waals surface area contributed by atoms with Gasteiger partial charge in [-0.05, 0) is 49.1 Å². The summed E-state index contributed by atoms with van der Waals surface area (Å²) in [6, 6.07) is 12.8. The topological polar surface area (TPSA) is 65.5 Å². The maximum absolute atomic E-state index is 13.8. The fraction of sp³-hybridized carbons (Fsp3) is 0.308. The molecule has 8 heteroatoms. The SMILES string of the molecule is Cc1cc(C(C)Nc2ccccc2C(=O)O)c2nc(N3CCC(F)(F)CC3)c3ccsc3c2c1. The predicted molar refractivity (Wildman–Crippen MR) is 134 cm³/mol. The molecule has 2 aromatic carbocycles. The number of piperidine rings is 1. The standard InChI is InChI=1S/C26H25F2N3O2S/c1-15-13-19(16(2)29-21-6-4-3-5-17(21)25(32)33)22-20(14-15)23-18(7-12-34-23)24(30-22)31-10-8-26(27,28)9-11-31/h3-7,12-14,16,29H,8-11H2,1-2H3,(H,32,33). The summed E-state index contributed by atoms with van der Waals surface area (Å²) >= 11 is 1.62. The Morgan fingerprint density at radius 1 is 1.18 bits per heavy atom. The van der Waals surface area contributed by atoms with Crippen LogP contribution in [0.5, 0.6) is 0 Å². The van der Waals surface area contributed by atoms with Gasteiger partial charge in [0, 0.05) is 52.7 Å². The highest BCUT2D eigenvalue weighted by atomic mass is 32.1. The largest absolute Gasteiger partial charge is 0.478 e. The highest BCUT2D eigenvalue weighted by molar-refractivity contribution is 7.18. The molecule has 0 amide bonds. The molecule has 2 aromatic heterocycles. The number of alkyl halides is 2. The first kappa shape index (κ1) is 22.5. The van der Waals surface area contributed by atoms with Crippen molar-refractivity contribution in [1.82, 2.24) is 4.98 Å². The number of fused-ring (bicyclic) bond motifs is 3. The predicted octanol–water partition coefficient (Wildman–Crippen LogP) is 6.86. The number of nitrogens with zero attached hydrogens (tertiary/aromatic N) is 2. The molecular formula is C26H25F2N3O2S. The second-order valence-corrected chi connectivity index (χ2v) is 9.83. The molecule has 3 heterocycles. The van der Waals surface area contributed by atoms with Gasteiger partial charge in [-0.3, -0.25) is 0 Å². The van der Waals surface area contributed by atoms with Crippen LogP contribution in [0.2, 0.25) is 0 Å². The van der Waals surface area contributed by atoms with E-state index in [0.717, 1.165) is 37.9 Å². The number of thiophene rings is 1. The average molecular weight is 482 g/mol. The number of carbonyl (C=O) groups is 1. The molecule has 1 unspecified atom stereocenters. The first-order valence-electron chi connectivity index (χ1n) is 11.3. The van der Waals surface area contributed by atoms with Crippen molar-refractivity contribution in [1.29, 1.82) is 0 Å². The maximum atomic E-state index is 13.8. The zero-order valence-electron chi connectivity index (χ0n) is 18.9. The number of anilines is 2. The molecule has 1 saturated heterocycles. The molecular weight excluding hydrogens is 456 g/mol. The molecule has 0 saturated carbocycles. The summed E-state index contributed by atoms with van der Waals surface area (Å²) in [6.07, 6.45) is -0.355. The van der Waals surface area contributed by atoms with Crippen LogP contribution in [0, 0.1) is 6.92 Å². The highest BCUT2D eigenvalue weighted by Crippen LogP contribution is 2.40. The van der Waals surface area contributed by atoms with Crippen LogP contribution >= 0.6 is 11.3 Å². The van der Waals surface area contributed by atoms with Crippen LogP contribution in [0.3, 0.4) is 0 Å². The van der Waals surface area contributed by atoms with Gasteiger partial charge in [0.25, 0.3) is 5.92 Å². The Kier molecular flexibility index (Phi) is 5.64. The summed E-state index contributed by atoms with van der Waals surface area (Å²) in [4.78, 5) is 18.7. The van der Waals surface area contributed by atoms with Crippen LogP contribution < -0.4 is 10.2 Å². The van der Waals surface area contributed by atoms with Crippen LogP contribution in [0.4, 0.5) is 20.3 Å². The van der Waals surface area contributed by atoms with E-state index >= 15 is 0 Å². The van der Waals surface area contributed by atoms with Gasteiger partial charge in [-0.25, -0.2) is 18.6 Å². The Balaban J connectivity index is 1.62. The van der Waals surface area contributed by atoms with Crippen LogP contribution in [0.25, 0.3) is 21.0 Å². The second kappa shape index (κ2) is 8.51. The molecule has 1 aliphatic rings. The maximum Gasteiger partial charge on any atom is 0.337 e. The van der Waals surface area contributed by atoms with E-state index in [1.165, 1.54) is 0 Å². The van der Waals surface area contributed by atoms with Crippen LogP contribution in [0.15, 0.2) is 47.8 Å². The van der Waals surface area contributed by atoms with Gasteiger partial charge in [0.2, 0.25) is 0 Å². The van der Waals surface area contributed by atoms with Gasteiger partial charge in [-0.1, -0.05) is 18.2 Å². The quantitative estimate of drug-likeness (QED) is 0.326.